The van der Waals surface area contributed by atoms with E-state index in [1.807, 2.05) is 13.8 Å². The third-order valence-electron chi connectivity index (χ3n) is 3.73. The Morgan fingerprint density at radius 1 is 1.05 bits per heavy atom. The summed E-state index contributed by atoms with van der Waals surface area (Å²) in [4.78, 5) is 23.6. The van der Waals surface area contributed by atoms with Gasteiger partial charge in [-0.1, -0.05) is 46.0 Å². The molecule has 1 rings (SSSR count). The Morgan fingerprint density at radius 2 is 1.62 bits per heavy atom. The molecular formula is C16H30N2O3. The first-order valence-electron chi connectivity index (χ1n) is 8.22. The van der Waals surface area contributed by atoms with Gasteiger partial charge in [-0.15, -0.1) is 0 Å². The van der Waals surface area contributed by atoms with Gasteiger partial charge in [0.1, 0.15) is 6.04 Å². The Bertz CT molecular complexity index is 323. The van der Waals surface area contributed by atoms with Crippen molar-refractivity contribution < 1.29 is 14.3 Å². The molecule has 0 unspecified atom stereocenters. The van der Waals surface area contributed by atoms with Crippen molar-refractivity contribution >= 4 is 12.0 Å². The van der Waals surface area contributed by atoms with Crippen molar-refractivity contribution in [2.75, 3.05) is 6.61 Å². The van der Waals surface area contributed by atoms with E-state index in [0.717, 1.165) is 12.8 Å². The highest BCUT2D eigenvalue weighted by molar-refractivity contribution is 5.85. The van der Waals surface area contributed by atoms with Gasteiger partial charge < -0.3 is 15.4 Å². The van der Waals surface area contributed by atoms with E-state index < -0.39 is 12.1 Å². The predicted molar refractivity (Wildman–Crippen MR) is 83.0 cm³/mol. The molecule has 0 heterocycles. The van der Waals surface area contributed by atoms with E-state index in [1.54, 1.807) is 6.92 Å². The predicted octanol–water partition coefficient (Wildman–Crippen LogP) is 2.99. The van der Waals surface area contributed by atoms with Crippen molar-refractivity contribution in [1.82, 2.24) is 10.6 Å². The maximum Gasteiger partial charge on any atom is 0.407 e. The van der Waals surface area contributed by atoms with E-state index in [1.165, 1.54) is 32.1 Å². The number of carbonyl (C=O) groups excluding carboxylic acids is 2. The fourth-order valence-corrected chi connectivity index (χ4v) is 2.45. The number of ether oxygens (including phenoxy) is 1. The lowest BCUT2D eigenvalue weighted by atomic mass is 9.96. The highest BCUT2D eigenvalue weighted by Crippen LogP contribution is 2.17. The molecule has 1 aliphatic carbocycles. The highest BCUT2D eigenvalue weighted by Gasteiger charge is 2.20. The summed E-state index contributed by atoms with van der Waals surface area (Å²) >= 11 is 0. The summed E-state index contributed by atoms with van der Waals surface area (Å²) in [6.45, 7) is 5.99. The quantitative estimate of drug-likeness (QED) is 0.820. The Balaban J connectivity index is 2.30. The lowest BCUT2D eigenvalue weighted by Gasteiger charge is -2.23. The summed E-state index contributed by atoms with van der Waals surface area (Å²) in [5.74, 6) is 0.164. The molecule has 0 bridgehead atoms. The maximum atomic E-state index is 12.1. The number of hydrogen-bond acceptors (Lipinski definition) is 3. The number of rotatable bonds is 5. The largest absolute Gasteiger partial charge is 0.449 e. The van der Waals surface area contributed by atoms with Crippen LogP contribution in [0, 0.1) is 5.92 Å². The average Bonchev–Trinajstić information content (AvgIpc) is 2.39. The minimum Gasteiger partial charge on any atom is -0.449 e. The van der Waals surface area contributed by atoms with E-state index in [9.17, 15) is 9.59 Å². The van der Waals surface area contributed by atoms with Crippen LogP contribution >= 0.6 is 0 Å². The zero-order valence-corrected chi connectivity index (χ0v) is 13.6. The number of alkyl carbamates (subject to hydrolysis) is 1. The Labute approximate surface area is 128 Å². The van der Waals surface area contributed by atoms with Crippen molar-refractivity contribution in [3.8, 4) is 0 Å². The third kappa shape index (κ3) is 7.93. The van der Waals surface area contributed by atoms with Crippen LogP contribution in [0.4, 0.5) is 4.79 Å². The molecule has 122 valence electrons. The molecule has 5 nitrogen and oxygen atoms in total. The zero-order valence-electron chi connectivity index (χ0n) is 13.6. The molecule has 2 N–H and O–H groups in total. The molecular weight excluding hydrogens is 268 g/mol. The lowest BCUT2D eigenvalue weighted by Crippen LogP contribution is -2.48. The molecule has 21 heavy (non-hydrogen) atoms. The fourth-order valence-electron chi connectivity index (χ4n) is 2.45. The van der Waals surface area contributed by atoms with Crippen LogP contribution in [0.5, 0.6) is 0 Å². The molecule has 1 aliphatic rings. The lowest BCUT2D eigenvalue weighted by molar-refractivity contribution is -0.123. The van der Waals surface area contributed by atoms with E-state index in [0.29, 0.717) is 6.61 Å². The first-order valence-corrected chi connectivity index (χ1v) is 8.22. The molecule has 0 radical (unpaired) electrons. The Hall–Kier alpha value is -1.26. The summed E-state index contributed by atoms with van der Waals surface area (Å²) in [7, 11) is 0. The number of amides is 2. The number of carbonyl (C=O) groups is 2. The minimum absolute atomic E-state index is 0.123. The molecule has 0 spiro atoms. The summed E-state index contributed by atoms with van der Waals surface area (Å²) in [5, 5.41) is 5.63. The molecule has 0 saturated heterocycles. The van der Waals surface area contributed by atoms with E-state index in [2.05, 4.69) is 10.6 Å². The van der Waals surface area contributed by atoms with Crippen LogP contribution in [-0.4, -0.2) is 30.7 Å². The summed E-state index contributed by atoms with van der Waals surface area (Å²) < 4.78 is 5.02. The van der Waals surface area contributed by atoms with E-state index in [4.69, 9.17) is 4.74 Å². The number of nitrogens with one attached hydrogen (secondary N) is 2. The van der Waals surface area contributed by atoms with Crippen molar-refractivity contribution in [1.29, 1.82) is 0 Å². The van der Waals surface area contributed by atoms with Crippen molar-refractivity contribution in [2.24, 2.45) is 5.92 Å². The van der Waals surface area contributed by atoms with Crippen LogP contribution in [0.25, 0.3) is 0 Å². The molecule has 0 aromatic heterocycles. The molecule has 5 heteroatoms. The molecule has 0 aliphatic heterocycles. The van der Waals surface area contributed by atoms with E-state index >= 15 is 0 Å². The number of hydrogen-bond donors (Lipinski definition) is 2. The molecule has 0 aromatic carbocycles. The van der Waals surface area contributed by atoms with Gasteiger partial charge in [-0.25, -0.2) is 4.79 Å². The van der Waals surface area contributed by atoms with Gasteiger partial charge in [-0.2, -0.15) is 0 Å². The topological polar surface area (TPSA) is 67.4 Å². The molecule has 1 atom stereocenters. The Kier molecular flexibility index (Phi) is 8.16. The van der Waals surface area contributed by atoms with Gasteiger partial charge in [0.15, 0.2) is 0 Å². The first kappa shape index (κ1) is 17.8. The van der Waals surface area contributed by atoms with Crippen LogP contribution in [0.3, 0.4) is 0 Å². The van der Waals surface area contributed by atoms with Crippen LogP contribution in [-0.2, 0) is 9.53 Å². The SMILES string of the molecule is CC(C)COC(=O)N[C@@H](C)C(=O)NC1CCCCCCC1. The van der Waals surface area contributed by atoms with Crippen LogP contribution in [0.2, 0.25) is 0 Å². The second kappa shape index (κ2) is 9.64. The normalized spacial score (nSPS) is 18.5. The average molecular weight is 298 g/mol. The van der Waals surface area contributed by atoms with E-state index in [-0.39, 0.29) is 17.9 Å². The molecule has 1 saturated carbocycles. The molecule has 2 amide bonds. The van der Waals surface area contributed by atoms with Gasteiger partial charge >= 0.3 is 6.09 Å². The van der Waals surface area contributed by atoms with Crippen molar-refractivity contribution in [3.63, 3.8) is 0 Å². The third-order valence-corrected chi connectivity index (χ3v) is 3.73. The van der Waals surface area contributed by atoms with Gasteiger partial charge in [0.25, 0.3) is 0 Å². The molecule has 1 fully saturated rings. The van der Waals surface area contributed by atoms with Crippen molar-refractivity contribution in [3.05, 3.63) is 0 Å². The first-order chi connectivity index (χ1) is 9.99. The van der Waals surface area contributed by atoms with Crippen molar-refractivity contribution in [2.45, 2.75) is 77.8 Å². The van der Waals surface area contributed by atoms with Gasteiger partial charge in [0.2, 0.25) is 5.91 Å². The second-order valence-corrected chi connectivity index (χ2v) is 6.41. The highest BCUT2D eigenvalue weighted by atomic mass is 16.5. The van der Waals surface area contributed by atoms with Crippen LogP contribution in [0.1, 0.15) is 65.7 Å². The summed E-state index contributed by atoms with van der Waals surface area (Å²) in [6.07, 6.45) is 7.70. The van der Waals surface area contributed by atoms with Crippen LogP contribution < -0.4 is 10.6 Å². The fraction of sp³-hybridized carbons (Fsp3) is 0.875. The van der Waals surface area contributed by atoms with Gasteiger partial charge in [-0.3, -0.25) is 4.79 Å². The van der Waals surface area contributed by atoms with Gasteiger partial charge in [0, 0.05) is 6.04 Å². The van der Waals surface area contributed by atoms with Gasteiger partial charge in [-0.05, 0) is 25.7 Å². The summed E-state index contributed by atoms with van der Waals surface area (Å²) in [5.41, 5.74) is 0. The Morgan fingerprint density at radius 3 is 2.19 bits per heavy atom. The zero-order chi connectivity index (χ0) is 15.7. The van der Waals surface area contributed by atoms with Gasteiger partial charge in [0.05, 0.1) is 6.61 Å². The van der Waals surface area contributed by atoms with Crippen LogP contribution in [0.15, 0.2) is 0 Å². The standard InChI is InChI=1S/C16H30N2O3/c1-12(2)11-21-16(20)17-13(3)15(19)18-14-9-7-5-4-6-8-10-14/h12-14H,4-11H2,1-3H3,(H,17,20)(H,18,19)/t13-/m0/s1. The smallest absolute Gasteiger partial charge is 0.407 e. The minimum atomic E-state index is -0.560. The summed E-state index contributed by atoms with van der Waals surface area (Å²) in [6, 6.07) is -0.316. The maximum absolute atomic E-state index is 12.1. The monoisotopic (exact) mass is 298 g/mol. The molecule has 0 aromatic rings. The second-order valence-electron chi connectivity index (χ2n) is 6.41.